The van der Waals surface area contributed by atoms with Gasteiger partial charge in [-0.3, -0.25) is 4.79 Å². The van der Waals surface area contributed by atoms with E-state index in [1.165, 1.54) is 0 Å². The van der Waals surface area contributed by atoms with Crippen LogP contribution in [0.15, 0.2) is 24.3 Å². The number of carboxylic acids is 1. The highest BCUT2D eigenvalue weighted by Crippen LogP contribution is 2.15. The van der Waals surface area contributed by atoms with Gasteiger partial charge in [-0.1, -0.05) is 18.2 Å². The van der Waals surface area contributed by atoms with E-state index >= 15 is 0 Å². The van der Waals surface area contributed by atoms with Crippen molar-refractivity contribution in [3.63, 3.8) is 0 Å². The Balaban J connectivity index is 2.49. The van der Waals surface area contributed by atoms with Crippen molar-refractivity contribution in [2.24, 2.45) is 5.14 Å². The number of nitrogens with one attached hydrogen (secondary N) is 2. The van der Waals surface area contributed by atoms with Crippen molar-refractivity contribution in [3.05, 3.63) is 29.8 Å². The smallest absolute Gasteiger partial charge is 0.319 e. The second kappa shape index (κ2) is 7.60. The summed E-state index contributed by atoms with van der Waals surface area (Å²) in [4.78, 5) is 22.3. The molecule has 116 valence electrons. The fraction of sp³-hybridized carbons (Fsp3) is 0.333. The first-order valence-electron chi connectivity index (χ1n) is 6.13. The lowest BCUT2D eigenvalue weighted by Crippen LogP contribution is -2.31. The second-order valence-electron chi connectivity index (χ2n) is 4.33. The molecule has 0 bridgehead atoms. The third kappa shape index (κ3) is 7.28. The summed E-state index contributed by atoms with van der Waals surface area (Å²) >= 11 is 0. The number of amides is 2. The average Bonchev–Trinajstić information content (AvgIpc) is 2.35. The van der Waals surface area contributed by atoms with Gasteiger partial charge in [0.2, 0.25) is 10.0 Å². The van der Waals surface area contributed by atoms with Crippen molar-refractivity contribution in [2.75, 3.05) is 17.6 Å². The molecule has 0 aliphatic heterocycles. The summed E-state index contributed by atoms with van der Waals surface area (Å²) in [5.74, 6) is -1.22. The molecule has 0 fully saturated rings. The van der Waals surface area contributed by atoms with Gasteiger partial charge in [-0.05, 0) is 18.1 Å². The number of para-hydroxylation sites is 1. The van der Waals surface area contributed by atoms with E-state index in [1.54, 1.807) is 24.3 Å². The highest BCUT2D eigenvalue weighted by atomic mass is 32.2. The number of rotatable bonds is 7. The quantitative estimate of drug-likeness (QED) is 0.529. The van der Waals surface area contributed by atoms with Gasteiger partial charge in [0, 0.05) is 12.2 Å². The Morgan fingerprint density at radius 3 is 2.52 bits per heavy atom. The van der Waals surface area contributed by atoms with Crippen LogP contribution < -0.4 is 15.8 Å². The predicted molar refractivity (Wildman–Crippen MR) is 77.4 cm³/mol. The largest absolute Gasteiger partial charge is 0.481 e. The molecule has 0 heterocycles. The number of benzene rings is 1. The van der Waals surface area contributed by atoms with Crippen LogP contribution >= 0.6 is 0 Å². The van der Waals surface area contributed by atoms with E-state index in [0.717, 1.165) is 0 Å². The van der Waals surface area contributed by atoms with E-state index in [0.29, 0.717) is 11.3 Å². The number of aliphatic carboxylic acids is 1. The van der Waals surface area contributed by atoms with Crippen LogP contribution in [-0.4, -0.2) is 37.8 Å². The molecular weight excluding hydrogens is 298 g/mol. The summed E-state index contributed by atoms with van der Waals surface area (Å²) < 4.78 is 21.4. The minimum absolute atomic E-state index is 0.142. The summed E-state index contributed by atoms with van der Waals surface area (Å²) in [5, 5.41) is 18.6. The van der Waals surface area contributed by atoms with Crippen molar-refractivity contribution in [2.45, 2.75) is 12.8 Å². The summed E-state index contributed by atoms with van der Waals surface area (Å²) in [6.45, 7) is 0.142. The lowest BCUT2D eigenvalue weighted by atomic mass is 10.1. The Bertz CT molecular complexity index is 615. The Morgan fingerprint density at radius 1 is 1.24 bits per heavy atom. The van der Waals surface area contributed by atoms with Crippen molar-refractivity contribution >= 4 is 27.7 Å². The Labute approximate surface area is 122 Å². The molecule has 0 saturated heterocycles. The molecule has 0 radical (unpaired) electrons. The van der Waals surface area contributed by atoms with Gasteiger partial charge in [0.15, 0.2) is 0 Å². The zero-order valence-corrected chi connectivity index (χ0v) is 12.0. The number of sulfonamides is 1. The van der Waals surface area contributed by atoms with Crippen molar-refractivity contribution in [1.82, 2.24) is 5.32 Å². The zero-order chi connectivity index (χ0) is 15.9. The number of nitrogens with two attached hydrogens (primary N) is 1. The van der Waals surface area contributed by atoms with Crippen LogP contribution in [-0.2, 0) is 21.2 Å². The van der Waals surface area contributed by atoms with Crippen molar-refractivity contribution < 1.29 is 23.1 Å². The SMILES string of the molecule is NS(=O)(=O)CCCNC(=O)Nc1ccccc1CC(=O)O. The van der Waals surface area contributed by atoms with Crippen LogP contribution in [0.25, 0.3) is 0 Å². The van der Waals surface area contributed by atoms with Crippen LogP contribution in [0.3, 0.4) is 0 Å². The van der Waals surface area contributed by atoms with Gasteiger partial charge in [0.25, 0.3) is 0 Å². The van der Waals surface area contributed by atoms with Crippen LogP contribution in [0.2, 0.25) is 0 Å². The number of carbonyl (C=O) groups excluding carboxylic acids is 1. The number of hydrogen-bond acceptors (Lipinski definition) is 4. The summed E-state index contributed by atoms with van der Waals surface area (Å²) in [7, 11) is -3.54. The molecule has 0 aliphatic rings. The van der Waals surface area contributed by atoms with Gasteiger partial charge in [-0.15, -0.1) is 0 Å². The first kappa shape index (κ1) is 16.9. The van der Waals surface area contributed by atoms with Crippen LogP contribution in [0.5, 0.6) is 0 Å². The van der Waals surface area contributed by atoms with Gasteiger partial charge in [0.1, 0.15) is 0 Å². The molecule has 8 nitrogen and oxygen atoms in total. The normalized spacial score (nSPS) is 10.9. The van der Waals surface area contributed by atoms with Gasteiger partial charge in [0.05, 0.1) is 12.2 Å². The number of hydrogen-bond donors (Lipinski definition) is 4. The highest BCUT2D eigenvalue weighted by Gasteiger charge is 2.09. The van der Waals surface area contributed by atoms with Crippen LogP contribution in [0.1, 0.15) is 12.0 Å². The van der Waals surface area contributed by atoms with E-state index in [1.807, 2.05) is 0 Å². The molecule has 21 heavy (non-hydrogen) atoms. The van der Waals surface area contributed by atoms with E-state index in [9.17, 15) is 18.0 Å². The molecule has 0 unspecified atom stereocenters. The molecular formula is C12H17N3O5S. The monoisotopic (exact) mass is 315 g/mol. The first-order valence-corrected chi connectivity index (χ1v) is 7.84. The van der Waals surface area contributed by atoms with Gasteiger partial charge >= 0.3 is 12.0 Å². The molecule has 9 heteroatoms. The molecule has 2 amide bonds. The lowest BCUT2D eigenvalue weighted by molar-refractivity contribution is -0.136. The van der Waals surface area contributed by atoms with Crippen molar-refractivity contribution in [1.29, 1.82) is 0 Å². The molecule has 0 atom stereocenters. The fourth-order valence-corrected chi connectivity index (χ4v) is 2.15. The molecule has 1 aromatic carbocycles. The minimum atomic E-state index is -3.54. The van der Waals surface area contributed by atoms with Gasteiger partial charge < -0.3 is 15.7 Å². The molecule has 0 saturated carbocycles. The van der Waals surface area contributed by atoms with Gasteiger partial charge in [-0.2, -0.15) is 0 Å². The second-order valence-corrected chi connectivity index (χ2v) is 6.06. The highest BCUT2D eigenvalue weighted by molar-refractivity contribution is 7.89. The van der Waals surface area contributed by atoms with E-state index < -0.39 is 22.0 Å². The maximum atomic E-state index is 11.6. The molecule has 0 spiro atoms. The third-order valence-electron chi connectivity index (χ3n) is 2.50. The molecule has 1 aromatic rings. The maximum Gasteiger partial charge on any atom is 0.319 e. The van der Waals surface area contributed by atoms with Gasteiger partial charge in [-0.25, -0.2) is 18.4 Å². The van der Waals surface area contributed by atoms with E-state index in [4.69, 9.17) is 10.2 Å². The number of carbonyl (C=O) groups is 2. The fourth-order valence-electron chi connectivity index (χ4n) is 1.60. The van der Waals surface area contributed by atoms with Crippen LogP contribution in [0.4, 0.5) is 10.5 Å². The Hall–Kier alpha value is -2.13. The minimum Gasteiger partial charge on any atom is -0.481 e. The van der Waals surface area contributed by atoms with Crippen LogP contribution in [0, 0.1) is 0 Å². The molecule has 0 aliphatic carbocycles. The molecule has 1 rings (SSSR count). The van der Waals surface area contributed by atoms with E-state index in [2.05, 4.69) is 10.6 Å². The zero-order valence-electron chi connectivity index (χ0n) is 11.2. The maximum absolute atomic E-state index is 11.6. The number of primary sulfonamides is 1. The summed E-state index contributed by atoms with van der Waals surface area (Å²) in [5.41, 5.74) is 0.869. The van der Waals surface area contributed by atoms with E-state index in [-0.39, 0.29) is 25.1 Å². The third-order valence-corrected chi connectivity index (χ3v) is 3.36. The number of urea groups is 1. The predicted octanol–water partition coefficient (Wildman–Crippen LogP) is 0.114. The number of carboxylic acid groups (broad SMARTS) is 1. The summed E-state index contributed by atoms with van der Waals surface area (Å²) in [6.07, 6.45) is -0.00903. The average molecular weight is 315 g/mol. The lowest BCUT2D eigenvalue weighted by Gasteiger charge is -2.10. The summed E-state index contributed by atoms with van der Waals surface area (Å²) in [6, 6.07) is 5.99. The molecule has 0 aromatic heterocycles. The topological polar surface area (TPSA) is 139 Å². The Morgan fingerprint density at radius 2 is 1.90 bits per heavy atom. The Kier molecular flexibility index (Phi) is 6.12. The standard InChI is InChI=1S/C12H17N3O5S/c13-21(19,20)7-3-6-14-12(18)15-10-5-2-1-4-9(10)8-11(16)17/h1-2,4-5H,3,6-8H2,(H,16,17)(H2,13,19,20)(H2,14,15,18). The molecule has 5 N–H and O–H groups in total. The first-order chi connectivity index (χ1) is 9.78. The number of anilines is 1. The van der Waals surface area contributed by atoms with Crippen molar-refractivity contribution in [3.8, 4) is 0 Å².